The van der Waals surface area contributed by atoms with Crippen molar-refractivity contribution in [2.45, 2.75) is 24.9 Å². The molecule has 0 aliphatic rings. The number of Topliss-reactive ketones (excluding diaryl/α,β-unsaturated/α-hetero) is 1. The van der Waals surface area contributed by atoms with Crippen LogP contribution < -0.4 is 0 Å². The number of rotatable bonds is 8. The zero-order valence-electron chi connectivity index (χ0n) is 16.1. The number of benzene rings is 1. The maximum Gasteiger partial charge on any atom is 0.323 e. The fourth-order valence-corrected chi connectivity index (χ4v) is 4.46. The van der Waals surface area contributed by atoms with Crippen molar-refractivity contribution in [3.63, 3.8) is 0 Å². The third-order valence-corrected chi connectivity index (χ3v) is 6.33. The van der Waals surface area contributed by atoms with Gasteiger partial charge in [-0.2, -0.15) is 0 Å². The number of hydrogen-bond donors (Lipinski definition) is 0. The van der Waals surface area contributed by atoms with Gasteiger partial charge in [-0.1, -0.05) is 23.4 Å². The molecular weight excluding hydrogens is 432 g/mol. The average Bonchev–Trinajstić information content (AvgIpc) is 3.27. The van der Waals surface area contributed by atoms with Crippen molar-refractivity contribution in [3.8, 4) is 11.4 Å². The summed E-state index contributed by atoms with van der Waals surface area (Å²) in [5, 5.41) is 11.8. The number of ether oxygens (including phenoxy) is 1. The molecule has 0 fully saturated rings. The lowest BCUT2D eigenvalue weighted by atomic mass is 10.1. The second kappa shape index (κ2) is 9.51. The quantitative estimate of drug-likeness (QED) is 0.292. The number of carbonyl (C=O) groups is 2. The van der Waals surface area contributed by atoms with Crippen LogP contribution in [0.15, 0.2) is 34.8 Å². The molecular formula is C19H19ClN4O3S2. The summed E-state index contributed by atoms with van der Waals surface area (Å²) in [4.78, 5) is 29.5. The average molecular weight is 451 g/mol. The van der Waals surface area contributed by atoms with Gasteiger partial charge < -0.3 is 9.30 Å². The Hall–Kier alpha value is -2.23. The van der Waals surface area contributed by atoms with Crippen LogP contribution in [0.2, 0.25) is 5.02 Å². The molecule has 152 valence electrons. The molecule has 0 spiro atoms. The van der Waals surface area contributed by atoms with E-state index in [0.29, 0.717) is 21.0 Å². The number of thiazole rings is 1. The number of aromatic nitrogens is 4. The molecule has 2 aromatic heterocycles. The number of aryl methyl sites for hydroxylation is 1. The van der Waals surface area contributed by atoms with Crippen molar-refractivity contribution in [2.24, 2.45) is 7.05 Å². The monoisotopic (exact) mass is 450 g/mol. The van der Waals surface area contributed by atoms with Gasteiger partial charge in [0.1, 0.15) is 5.01 Å². The Labute approximate surface area is 181 Å². The van der Waals surface area contributed by atoms with E-state index in [9.17, 15) is 9.59 Å². The number of thioether (sulfide) groups is 1. The van der Waals surface area contributed by atoms with E-state index in [-0.39, 0.29) is 18.1 Å². The second-order valence-electron chi connectivity index (χ2n) is 6.14. The Kier molecular flexibility index (Phi) is 7.05. The number of halogens is 1. The minimum atomic E-state index is -1.02. The largest absolute Gasteiger partial charge is 0.465 e. The topological polar surface area (TPSA) is 87.0 Å². The van der Waals surface area contributed by atoms with E-state index in [0.717, 1.165) is 11.3 Å². The van der Waals surface area contributed by atoms with Gasteiger partial charge in [0.2, 0.25) is 0 Å². The molecule has 1 atom stereocenters. The first kappa shape index (κ1) is 21.5. The number of carbonyl (C=O) groups excluding carboxylic acids is 2. The predicted molar refractivity (Wildman–Crippen MR) is 113 cm³/mol. The minimum Gasteiger partial charge on any atom is -0.465 e. The lowest BCUT2D eigenvalue weighted by molar-refractivity contribution is -0.147. The van der Waals surface area contributed by atoms with Crippen LogP contribution in [0.4, 0.5) is 0 Å². The number of nitrogens with zero attached hydrogens (tertiary/aromatic N) is 4. The molecule has 0 bridgehead atoms. The van der Waals surface area contributed by atoms with Gasteiger partial charge in [0.05, 0.1) is 12.4 Å². The maximum atomic E-state index is 12.8. The SMILES string of the molecule is CCOC(=O)[C@H](C(=O)CSc1nnc(-c2ccc(Cl)cc2)n1C)c1nc(C)cs1. The molecule has 3 rings (SSSR count). The van der Waals surface area contributed by atoms with Crippen molar-refractivity contribution in [1.82, 2.24) is 19.7 Å². The van der Waals surface area contributed by atoms with Gasteiger partial charge in [0.15, 0.2) is 22.7 Å². The van der Waals surface area contributed by atoms with Crippen LogP contribution >= 0.6 is 34.7 Å². The molecule has 0 N–H and O–H groups in total. The molecule has 2 heterocycles. The second-order valence-corrected chi connectivity index (χ2v) is 8.41. The highest BCUT2D eigenvalue weighted by Crippen LogP contribution is 2.28. The van der Waals surface area contributed by atoms with E-state index in [1.54, 1.807) is 23.6 Å². The number of hydrogen-bond acceptors (Lipinski definition) is 8. The van der Waals surface area contributed by atoms with E-state index in [4.69, 9.17) is 16.3 Å². The molecule has 29 heavy (non-hydrogen) atoms. The Morgan fingerprint density at radius 3 is 2.62 bits per heavy atom. The standard InChI is InChI=1S/C19H19ClN4O3S2/c1-4-27-18(26)15(17-21-11(2)9-28-17)14(25)10-29-19-23-22-16(24(19)3)12-5-7-13(20)8-6-12/h5-9,15H,4,10H2,1-3H3/t15-/m1/s1. The van der Waals surface area contributed by atoms with Crippen molar-refractivity contribution in [1.29, 1.82) is 0 Å². The summed E-state index contributed by atoms with van der Waals surface area (Å²) in [5.41, 5.74) is 1.63. The zero-order valence-corrected chi connectivity index (χ0v) is 18.5. The molecule has 0 saturated heterocycles. The summed E-state index contributed by atoms with van der Waals surface area (Å²) >= 11 is 8.44. The van der Waals surface area contributed by atoms with Crippen LogP contribution in [0.1, 0.15) is 23.5 Å². The lowest BCUT2D eigenvalue weighted by Crippen LogP contribution is -2.25. The third-order valence-electron chi connectivity index (χ3n) is 4.01. The summed E-state index contributed by atoms with van der Waals surface area (Å²) in [6.07, 6.45) is 0. The summed E-state index contributed by atoms with van der Waals surface area (Å²) in [5.74, 6) is -1.17. The predicted octanol–water partition coefficient (Wildman–Crippen LogP) is 3.91. The lowest BCUT2D eigenvalue weighted by Gasteiger charge is -2.12. The van der Waals surface area contributed by atoms with E-state index < -0.39 is 11.9 Å². The van der Waals surface area contributed by atoms with Crippen LogP contribution in [0, 0.1) is 6.92 Å². The Morgan fingerprint density at radius 1 is 1.28 bits per heavy atom. The van der Waals surface area contributed by atoms with E-state index in [1.165, 1.54) is 23.1 Å². The molecule has 1 aromatic carbocycles. The first-order valence-electron chi connectivity index (χ1n) is 8.80. The van der Waals surface area contributed by atoms with Crippen molar-refractivity contribution >= 4 is 46.5 Å². The van der Waals surface area contributed by atoms with Crippen LogP contribution in [0.25, 0.3) is 11.4 Å². The Bertz CT molecular complexity index is 1020. The summed E-state index contributed by atoms with van der Waals surface area (Å²) in [6, 6.07) is 7.27. The Morgan fingerprint density at radius 2 is 2.00 bits per heavy atom. The van der Waals surface area contributed by atoms with E-state index in [1.807, 2.05) is 31.5 Å². The van der Waals surface area contributed by atoms with Gasteiger partial charge in [-0.25, -0.2) is 4.98 Å². The minimum absolute atomic E-state index is 0.0503. The number of ketones is 1. The molecule has 7 nitrogen and oxygen atoms in total. The molecule has 0 unspecified atom stereocenters. The van der Waals surface area contributed by atoms with Crippen LogP contribution in [-0.2, 0) is 21.4 Å². The molecule has 0 aliphatic carbocycles. The fourth-order valence-electron chi connectivity index (χ4n) is 2.61. The van der Waals surface area contributed by atoms with E-state index >= 15 is 0 Å². The Balaban J connectivity index is 1.74. The van der Waals surface area contributed by atoms with Crippen LogP contribution in [-0.4, -0.2) is 43.9 Å². The van der Waals surface area contributed by atoms with Gasteiger partial charge in [0, 0.05) is 28.7 Å². The summed E-state index contributed by atoms with van der Waals surface area (Å²) in [6.45, 7) is 3.73. The van der Waals surface area contributed by atoms with Gasteiger partial charge in [0.25, 0.3) is 0 Å². The highest BCUT2D eigenvalue weighted by molar-refractivity contribution is 7.99. The highest BCUT2D eigenvalue weighted by Gasteiger charge is 2.32. The van der Waals surface area contributed by atoms with Gasteiger partial charge in [-0.15, -0.1) is 21.5 Å². The summed E-state index contributed by atoms with van der Waals surface area (Å²) in [7, 11) is 1.82. The first-order valence-corrected chi connectivity index (χ1v) is 11.0. The van der Waals surface area contributed by atoms with Gasteiger partial charge >= 0.3 is 5.97 Å². The fraction of sp³-hybridized carbons (Fsp3) is 0.316. The van der Waals surface area contributed by atoms with E-state index in [2.05, 4.69) is 15.2 Å². The molecule has 0 amide bonds. The molecule has 0 saturated carbocycles. The molecule has 3 aromatic rings. The first-order chi connectivity index (χ1) is 13.9. The van der Waals surface area contributed by atoms with Crippen molar-refractivity contribution in [3.05, 3.63) is 45.4 Å². The van der Waals surface area contributed by atoms with Crippen LogP contribution in [0.5, 0.6) is 0 Å². The molecule has 0 radical (unpaired) electrons. The summed E-state index contributed by atoms with van der Waals surface area (Å²) < 4.78 is 6.89. The third kappa shape index (κ3) is 5.04. The smallest absolute Gasteiger partial charge is 0.323 e. The van der Waals surface area contributed by atoms with Crippen molar-refractivity contribution in [2.75, 3.05) is 12.4 Å². The number of esters is 1. The van der Waals surface area contributed by atoms with Gasteiger partial charge in [-0.3, -0.25) is 9.59 Å². The maximum absolute atomic E-state index is 12.8. The zero-order chi connectivity index (χ0) is 21.0. The van der Waals surface area contributed by atoms with Crippen molar-refractivity contribution < 1.29 is 14.3 Å². The van der Waals surface area contributed by atoms with Gasteiger partial charge in [-0.05, 0) is 38.1 Å². The molecule has 0 aliphatic heterocycles. The molecule has 10 heteroatoms. The highest BCUT2D eigenvalue weighted by atomic mass is 35.5. The normalized spacial score (nSPS) is 12.0. The van der Waals surface area contributed by atoms with Crippen LogP contribution in [0.3, 0.4) is 0 Å².